The van der Waals surface area contributed by atoms with Gasteiger partial charge in [-0.15, -0.1) is 0 Å². The molecule has 294 valence electrons. The maximum absolute atomic E-state index is 13.9. The van der Waals surface area contributed by atoms with Gasteiger partial charge in [0.15, 0.2) is 0 Å². The van der Waals surface area contributed by atoms with E-state index >= 15 is 0 Å². The van der Waals surface area contributed by atoms with E-state index in [0.717, 1.165) is 0 Å². The number of phenols is 1. The third-order valence-electron chi connectivity index (χ3n) is 9.27. The molecule has 15 heteroatoms. The molecule has 0 fully saturated rings. The summed E-state index contributed by atoms with van der Waals surface area (Å²) in [6.07, 6.45) is -0.645. The summed E-state index contributed by atoms with van der Waals surface area (Å²) in [5.74, 6) is -5.75. The summed E-state index contributed by atoms with van der Waals surface area (Å²) in [6.45, 7) is 19.0. The molecule has 1 aromatic carbocycles. The first-order valence-corrected chi connectivity index (χ1v) is 17.8. The quantitative estimate of drug-likeness (QED) is 0.105. The molecule has 0 saturated carbocycles. The molecule has 0 bridgehead atoms. The molecule has 0 heterocycles. The number of carboxylic acid groups (broad SMARTS) is 1. The minimum Gasteiger partial charge on any atom is -0.508 e. The fraction of sp³-hybridized carbons (Fsp3) is 0.676. The molecule has 0 unspecified atom stereocenters. The van der Waals surface area contributed by atoms with Gasteiger partial charge < -0.3 is 47.6 Å². The van der Waals surface area contributed by atoms with Crippen LogP contribution in [0.1, 0.15) is 94.6 Å². The number of aliphatic hydroxyl groups excluding tert-OH is 1. The molecular weight excluding hydrogens is 672 g/mol. The van der Waals surface area contributed by atoms with Crippen LogP contribution in [0.5, 0.6) is 5.75 Å². The predicted octanol–water partition coefficient (Wildman–Crippen LogP) is 1.34. The van der Waals surface area contributed by atoms with Gasteiger partial charge in [-0.2, -0.15) is 0 Å². The normalized spacial score (nSPS) is 17.1. The Morgan fingerprint density at radius 1 is 0.654 bits per heavy atom. The first kappa shape index (κ1) is 45.8. The molecule has 5 amide bonds. The Labute approximate surface area is 307 Å². The highest BCUT2D eigenvalue weighted by Crippen LogP contribution is 2.22. The number of hydrogen-bond acceptors (Lipinski definition) is 9. The number of nitrogens with two attached hydrogens (primary N) is 1. The largest absolute Gasteiger partial charge is 0.508 e. The van der Waals surface area contributed by atoms with Crippen molar-refractivity contribution in [2.24, 2.45) is 28.4 Å². The van der Waals surface area contributed by atoms with E-state index in [9.17, 15) is 44.1 Å². The second-order valence-electron chi connectivity index (χ2n) is 15.9. The molecule has 1 aromatic rings. The van der Waals surface area contributed by atoms with Crippen LogP contribution in [-0.2, 0) is 35.2 Å². The number of hydrogen-bond donors (Lipinski definition) is 9. The zero-order chi connectivity index (χ0) is 40.3. The molecule has 0 radical (unpaired) electrons. The first-order chi connectivity index (χ1) is 23.8. The van der Waals surface area contributed by atoms with Gasteiger partial charge in [-0.25, -0.2) is 4.79 Å². The van der Waals surface area contributed by atoms with Gasteiger partial charge in [0.05, 0.1) is 12.1 Å². The molecule has 0 aliphatic rings. The average molecular weight is 735 g/mol. The topological polar surface area (TPSA) is 249 Å². The fourth-order valence-corrected chi connectivity index (χ4v) is 5.16. The summed E-state index contributed by atoms with van der Waals surface area (Å²) in [4.78, 5) is 79.7. The Balaban J connectivity index is 3.28. The summed E-state index contributed by atoms with van der Waals surface area (Å²) >= 11 is 0. The minimum atomic E-state index is -1.59. The number of rotatable bonds is 18. The SMILES string of the molecule is CC[C@H](C)[C@H](NC(=O)[C@@H](N)C(C)(C)C)C(=O)N[C@H](C(=O)N[C@H](C(=O)N[C@H](C(=O)N[C@@H](Cc1ccc(O)cc1)C(=O)O)[C@@H](C)O)[C@@H](C)CC)C(C)(C)C. The van der Waals surface area contributed by atoms with Crippen LogP contribution in [0.3, 0.4) is 0 Å². The third kappa shape index (κ3) is 13.7. The Hall–Kier alpha value is -4.24. The van der Waals surface area contributed by atoms with Gasteiger partial charge in [-0.1, -0.05) is 94.2 Å². The van der Waals surface area contributed by atoms with Crippen molar-refractivity contribution in [3.8, 4) is 5.75 Å². The number of carbonyl (C=O) groups excluding carboxylic acids is 5. The second-order valence-corrected chi connectivity index (χ2v) is 15.9. The van der Waals surface area contributed by atoms with E-state index in [1.807, 2.05) is 27.7 Å². The van der Waals surface area contributed by atoms with E-state index in [1.165, 1.54) is 31.2 Å². The smallest absolute Gasteiger partial charge is 0.326 e. The molecule has 10 N–H and O–H groups in total. The molecule has 0 aliphatic heterocycles. The van der Waals surface area contributed by atoms with Crippen molar-refractivity contribution in [1.82, 2.24) is 26.6 Å². The Kier molecular flexibility index (Phi) is 17.2. The molecule has 0 saturated heterocycles. The lowest BCUT2D eigenvalue weighted by molar-refractivity contribution is -0.143. The van der Waals surface area contributed by atoms with Crippen molar-refractivity contribution >= 4 is 35.5 Å². The Morgan fingerprint density at radius 2 is 1.08 bits per heavy atom. The van der Waals surface area contributed by atoms with Gasteiger partial charge in [0.25, 0.3) is 0 Å². The summed E-state index contributed by atoms with van der Waals surface area (Å²) in [6, 6.07) is -1.57. The number of amides is 5. The van der Waals surface area contributed by atoms with Crippen molar-refractivity contribution in [1.29, 1.82) is 0 Å². The van der Waals surface area contributed by atoms with Gasteiger partial charge in [0.1, 0.15) is 36.0 Å². The molecule has 0 aromatic heterocycles. The average Bonchev–Trinajstić information content (AvgIpc) is 3.05. The van der Waals surface area contributed by atoms with Crippen LogP contribution in [0.4, 0.5) is 0 Å². The van der Waals surface area contributed by atoms with E-state index in [4.69, 9.17) is 5.73 Å². The first-order valence-electron chi connectivity index (χ1n) is 17.8. The van der Waals surface area contributed by atoms with Crippen molar-refractivity contribution in [2.75, 3.05) is 0 Å². The number of nitrogens with one attached hydrogen (secondary N) is 5. The lowest BCUT2D eigenvalue weighted by Gasteiger charge is -2.35. The number of benzene rings is 1. The minimum absolute atomic E-state index is 0.0173. The van der Waals surface area contributed by atoms with E-state index in [-0.39, 0.29) is 18.1 Å². The van der Waals surface area contributed by atoms with E-state index < -0.39 is 94.6 Å². The second kappa shape index (κ2) is 19.6. The van der Waals surface area contributed by atoms with Crippen molar-refractivity contribution < 1.29 is 44.1 Å². The zero-order valence-corrected chi connectivity index (χ0v) is 32.5. The highest BCUT2D eigenvalue weighted by Gasteiger charge is 2.40. The number of aromatic hydroxyl groups is 1. The number of carboxylic acids is 1. The molecule has 1 rings (SSSR count). The summed E-state index contributed by atoms with van der Waals surface area (Å²) < 4.78 is 0. The van der Waals surface area contributed by atoms with Gasteiger partial charge >= 0.3 is 5.97 Å². The summed E-state index contributed by atoms with van der Waals surface area (Å²) in [5.41, 5.74) is 5.22. The van der Waals surface area contributed by atoms with E-state index in [0.29, 0.717) is 18.4 Å². The highest BCUT2D eigenvalue weighted by molar-refractivity contribution is 5.97. The molecular formula is C37H62N6O9. The van der Waals surface area contributed by atoms with Crippen LogP contribution in [0.25, 0.3) is 0 Å². The maximum Gasteiger partial charge on any atom is 0.326 e. The predicted molar refractivity (Wildman–Crippen MR) is 197 cm³/mol. The number of phenolic OH excluding ortho intramolecular Hbond substituents is 1. The van der Waals surface area contributed by atoms with Crippen molar-refractivity contribution in [3.63, 3.8) is 0 Å². The molecule has 15 nitrogen and oxygen atoms in total. The third-order valence-corrected chi connectivity index (χ3v) is 9.27. The molecule has 52 heavy (non-hydrogen) atoms. The van der Waals surface area contributed by atoms with E-state index in [2.05, 4.69) is 26.6 Å². The van der Waals surface area contributed by atoms with Crippen LogP contribution in [0.2, 0.25) is 0 Å². The lowest BCUT2D eigenvalue weighted by atomic mass is 9.84. The van der Waals surface area contributed by atoms with Gasteiger partial charge in [-0.3, -0.25) is 24.0 Å². The van der Waals surface area contributed by atoms with Gasteiger partial charge in [-0.05, 0) is 47.3 Å². The fourth-order valence-electron chi connectivity index (χ4n) is 5.16. The number of carbonyl (C=O) groups is 6. The molecule has 9 atom stereocenters. The van der Waals surface area contributed by atoms with Crippen LogP contribution >= 0.6 is 0 Å². The lowest BCUT2D eigenvalue weighted by Crippen LogP contribution is -2.64. The monoisotopic (exact) mass is 734 g/mol. The van der Waals surface area contributed by atoms with Crippen molar-refractivity contribution in [3.05, 3.63) is 29.8 Å². The summed E-state index contributed by atoms with van der Waals surface area (Å²) in [7, 11) is 0. The van der Waals surface area contributed by atoms with Crippen LogP contribution < -0.4 is 32.3 Å². The Bertz CT molecular complexity index is 1390. The van der Waals surface area contributed by atoms with Gasteiger partial charge in [0, 0.05) is 6.42 Å². The van der Waals surface area contributed by atoms with Crippen LogP contribution in [0.15, 0.2) is 24.3 Å². The number of aliphatic carboxylic acids is 1. The standard InChI is InChI=1S/C37H62N6O9/c1-12-19(3)25(30(46)42-27(21(5)44)32(48)39-24(35(51)52)18-22-14-16-23(45)17-15-22)41-34(50)29(37(9,10)11)43-31(47)26(20(4)13-2)40-33(49)28(38)36(6,7)8/h14-17,19-21,24-29,44-45H,12-13,18,38H2,1-11H3,(H,39,48)(H,40,49)(H,41,50)(H,42,46)(H,43,47)(H,51,52)/t19-,20-,21+,24-,25-,26-,27-,28+,29+/m0/s1. The Morgan fingerprint density at radius 3 is 1.48 bits per heavy atom. The van der Waals surface area contributed by atoms with Gasteiger partial charge in [0.2, 0.25) is 29.5 Å². The summed E-state index contributed by atoms with van der Waals surface area (Å²) in [5, 5.41) is 42.9. The molecule has 0 spiro atoms. The van der Waals surface area contributed by atoms with Crippen molar-refractivity contribution in [2.45, 2.75) is 138 Å². The van der Waals surface area contributed by atoms with Crippen LogP contribution in [-0.4, -0.2) is 93.2 Å². The maximum atomic E-state index is 13.9. The van der Waals surface area contributed by atoms with E-state index in [1.54, 1.807) is 41.5 Å². The number of aliphatic hydroxyl groups is 1. The highest BCUT2D eigenvalue weighted by atomic mass is 16.4. The zero-order valence-electron chi connectivity index (χ0n) is 32.5. The van der Waals surface area contributed by atoms with Crippen LogP contribution in [0, 0.1) is 22.7 Å². The molecule has 0 aliphatic carbocycles.